The highest BCUT2D eigenvalue weighted by Gasteiger charge is 2.42. The zero-order valence-corrected chi connectivity index (χ0v) is 16.2. The summed E-state index contributed by atoms with van der Waals surface area (Å²) in [7, 11) is 1.84. The van der Waals surface area contributed by atoms with Crippen LogP contribution in [-0.2, 0) is 16.0 Å². The maximum absolute atomic E-state index is 12.6. The van der Waals surface area contributed by atoms with Crippen LogP contribution in [0, 0.1) is 5.41 Å². The summed E-state index contributed by atoms with van der Waals surface area (Å²) in [5.74, 6) is 1.18. The van der Waals surface area contributed by atoms with Crippen molar-refractivity contribution in [3.63, 3.8) is 0 Å². The number of nitrogens with zero attached hydrogens (tertiary/aromatic N) is 3. The standard InChI is InChI=1S/C21H30N4O2/c1-22-20(24-13-9-21(15-24)10-14-27-16-21)23-11-4-7-19(26)25-12-8-17-5-2-3-6-18(17)25/h2-3,5-6H,4,7-16H2,1H3,(H,22,23). The zero-order chi connectivity index (χ0) is 18.7. The third-order valence-electron chi connectivity index (χ3n) is 6.17. The van der Waals surface area contributed by atoms with Crippen LogP contribution in [-0.4, -0.2) is 63.2 Å². The second-order valence-corrected chi connectivity index (χ2v) is 7.98. The fraction of sp³-hybridized carbons (Fsp3) is 0.619. The summed E-state index contributed by atoms with van der Waals surface area (Å²) in [6.07, 6.45) is 4.69. The van der Waals surface area contributed by atoms with Crippen LogP contribution in [0.5, 0.6) is 0 Å². The van der Waals surface area contributed by atoms with Crippen LogP contribution in [0.25, 0.3) is 0 Å². The molecule has 0 aliphatic carbocycles. The van der Waals surface area contributed by atoms with E-state index >= 15 is 0 Å². The fourth-order valence-electron chi connectivity index (χ4n) is 4.59. The molecule has 1 aromatic rings. The number of carbonyl (C=O) groups excluding carboxylic acids is 1. The first-order valence-electron chi connectivity index (χ1n) is 10.1. The lowest BCUT2D eigenvalue weighted by atomic mass is 9.87. The molecule has 1 N–H and O–H groups in total. The number of aliphatic imine (C=N–C) groups is 1. The van der Waals surface area contributed by atoms with E-state index in [1.807, 2.05) is 24.1 Å². The van der Waals surface area contributed by atoms with Crippen LogP contribution >= 0.6 is 0 Å². The normalized spacial score (nSPS) is 24.7. The van der Waals surface area contributed by atoms with Gasteiger partial charge in [-0.05, 0) is 37.3 Å². The second kappa shape index (κ2) is 7.89. The average Bonchev–Trinajstić information content (AvgIpc) is 3.42. The Bertz CT molecular complexity index is 712. The number of hydrogen-bond donors (Lipinski definition) is 1. The summed E-state index contributed by atoms with van der Waals surface area (Å²) in [5, 5.41) is 3.45. The monoisotopic (exact) mass is 370 g/mol. The van der Waals surface area contributed by atoms with E-state index in [1.165, 1.54) is 12.0 Å². The minimum atomic E-state index is 0.222. The van der Waals surface area contributed by atoms with Crippen LogP contribution < -0.4 is 10.2 Å². The molecule has 6 heteroatoms. The van der Waals surface area contributed by atoms with Crippen molar-refractivity contribution in [2.24, 2.45) is 10.4 Å². The van der Waals surface area contributed by atoms with Crippen molar-refractivity contribution in [2.45, 2.75) is 32.1 Å². The zero-order valence-electron chi connectivity index (χ0n) is 16.2. The van der Waals surface area contributed by atoms with Gasteiger partial charge >= 0.3 is 0 Å². The van der Waals surface area contributed by atoms with E-state index in [2.05, 4.69) is 27.3 Å². The van der Waals surface area contributed by atoms with Gasteiger partial charge in [0.1, 0.15) is 0 Å². The lowest BCUT2D eigenvalue weighted by Crippen LogP contribution is -2.42. The smallest absolute Gasteiger partial charge is 0.227 e. The van der Waals surface area contributed by atoms with Gasteiger partial charge in [-0.15, -0.1) is 0 Å². The van der Waals surface area contributed by atoms with E-state index in [0.29, 0.717) is 11.8 Å². The van der Waals surface area contributed by atoms with Gasteiger partial charge in [-0.3, -0.25) is 9.79 Å². The summed E-state index contributed by atoms with van der Waals surface area (Å²) < 4.78 is 5.61. The van der Waals surface area contributed by atoms with Gasteiger partial charge in [-0.2, -0.15) is 0 Å². The molecular weight excluding hydrogens is 340 g/mol. The Morgan fingerprint density at radius 1 is 1.30 bits per heavy atom. The van der Waals surface area contributed by atoms with Crippen molar-refractivity contribution in [1.29, 1.82) is 0 Å². The first-order valence-corrected chi connectivity index (χ1v) is 10.1. The molecule has 1 amide bonds. The number of para-hydroxylation sites is 1. The van der Waals surface area contributed by atoms with Crippen molar-refractivity contribution >= 4 is 17.6 Å². The number of hydrogen-bond acceptors (Lipinski definition) is 3. The molecule has 3 aliphatic rings. The first-order chi connectivity index (χ1) is 13.2. The third-order valence-corrected chi connectivity index (χ3v) is 6.17. The number of benzene rings is 1. The summed E-state index contributed by atoms with van der Waals surface area (Å²) in [5.41, 5.74) is 2.70. The van der Waals surface area contributed by atoms with Gasteiger partial charge < -0.3 is 19.9 Å². The van der Waals surface area contributed by atoms with Crippen LogP contribution in [0.3, 0.4) is 0 Å². The molecule has 2 saturated heterocycles. The van der Waals surface area contributed by atoms with Crippen molar-refractivity contribution in [2.75, 3.05) is 51.3 Å². The average molecular weight is 370 g/mol. The van der Waals surface area contributed by atoms with E-state index < -0.39 is 0 Å². The molecule has 0 radical (unpaired) electrons. The molecule has 0 saturated carbocycles. The highest BCUT2D eigenvalue weighted by molar-refractivity contribution is 5.95. The Morgan fingerprint density at radius 2 is 2.19 bits per heavy atom. The second-order valence-electron chi connectivity index (χ2n) is 7.98. The summed E-state index contributed by atoms with van der Waals surface area (Å²) >= 11 is 0. The van der Waals surface area contributed by atoms with Gasteiger partial charge in [0.15, 0.2) is 5.96 Å². The number of nitrogens with one attached hydrogen (secondary N) is 1. The highest BCUT2D eigenvalue weighted by Crippen LogP contribution is 2.38. The number of amides is 1. The van der Waals surface area contributed by atoms with E-state index in [1.54, 1.807) is 0 Å². The largest absolute Gasteiger partial charge is 0.381 e. The Kier molecular flexibility index (Phi) is 5.34. The fourth-order valence-corrected chi connectivity index (χ4v) is 4.59. The summed E-state index contributed by atoms with van der Waals surface area (Å²) in [4.78, 5) is 21.3. The van der Waals surface area contributed by atoms with E-state index in [-0.39, 0.29) is 5.91 Å². The first kappa shape index (κ1) is 18.3. The maximum Gasteiger partial charge on any atom is 0.227 e. The molecule has 4 rings (SSSR count). The van der Waals surface area contributed by atoms with Crippen LogP contribution in [0.1, 0.15) is 31.2 Å². The molecule has 0 bridgehead atoms. The van der Waals surface area contributed by atoms with Crippen molar-refractivity contribution in [3.8, 4) is 0 Å². The number of rotatable bonds is 4. The molecule has 27 heavy (non-hydrogen) atoms. The van der Waals surface area contributed by atoms with E-state index in [0.717, 1.165) is 70.3 Å². The molecule has 6 nitrogen and oxygen atoms in total. The molecule has 1 unspecified atom stereocenters. The van der Waals surface area contributed by atoms with Gasteiger partial charge in [0, 0.05) is 57.4 Å². The Hall–Kier alpha value is -2.08. The predicted octanol–water partition coefficient (Wildman–Crippen LogP) is 2.04. The number of ether oxygens (including phenoxy) is 1. The molecule has 1 spiro atoms. The van der Waals surface area contributed by atoms with Gasteiger partial charge in [-0.25, -0.2) is 0 Å². The van der Waals surface area contributed by atoms with Crippen molar-refractivity contribution < 1.29 is 9.53 Å². The number of guanidine groups is 1. The molecule has 1 aromatic carbocycles. The lowest BCUT2D eigenvalue weighted by Gasteiger charge is -2.25. The lowest BCUT2D eigenvalue weighted by molar-refractivity contribution is -0.118. The molecule has 2 fully saturated rings. The molecule has 1 atom stereocenters. The SMILES string of the molecule is CN=C(NCCCC(=O)N1CCc2ccccc21)N1CCC2(CCOC2)C1. The highest BCUT2D eigenvalue weighted by atomic mass is 16.5. The van der Waals surface area contributed by atoms with Crippen molar-refractivity contribution in [1.82, 2.24) is 10.2 Å². The Morgan fingerprint density at radius 3 is 3.00 bits per heavy atom. The topological polar surface area (TPSA) is 57.2 Å². The minimum Gasteiger partial charge on any atom is -0.381 e. The third kappa shape index (κ3) is 3.81. The Labute approximate surface area is 161 Å². The van der Waals surface area contributed by atoms with Gasteiger partial charge in [-0.1, -0.05) is 18.2 Å². The number of fused-ring (bicyclic) bond motifs is 1. The number of anilines is 1. The predicted molar refractivity (Wildman–Crippen MR) is 107 cm³/mol. The van der Waals surface area contributed by atoms with Crippen LogP contribution in [0.15, 0.2) is 29.3 Å². The molecular formula is C21H30N4O2. The summed E-state index contributed by atoms with van der Waals surface area (Å²) in [6.45, 7) is 5.41. The van der Waals surface area contributed by atoms with E-state index in [9.17, 15) is 4.79 Å². The Balaban J connectivity index is 1.22. The van der Waals surface area contributed by atoms with Crippen molar-refractivity contribution in [3.05, 3.63) is 29.8 Å². The van der Waals surface area contributed by atoms with Gasteiger partial charge in [0.05, 0.1) is 6.61 Å². The maximum atomic E-state index is 12.6. The number of carbonyl (C=O) groups is 1. The van der Waals surface area contributed by atoms with Crippen LogP contribution in [0.2, 0.25) is 0 Å². The number of likely N-dealkylation sites (tertiary alicyclic amines) is 1. The summed E-state index contributed by atoms with van der Waals surface area (Å²) in [6, 6.07) is 8.22. The molecule has 146 valence electrons. The van der Waals surface area contributed by atoms with Crippen LogP contribution in [0.4, 0.5) is 5.69 Å². The minimum absolute atomic E-state index is 0.222. The molecule has 3 aliphatic heterocycles. The molecule has 0 aromatic heterocycles. The molecule has 3 heterocycles. The van der Waals surface area contributed by atoms with Gasteiger partial charge in [0.2, 0.25) is 5.91 Å². The quantitative estimate of drug-likeness (QED) is 0.501. The van der Waals surface area contributed by atoms with E-state index in [4.69, 9.17) is 4.74 Å². The van der Waals surface area contributed by atoms with Gasteiger partial charge in [0.25, 0.3) is 0 Å².